The van der Waals surface area contributed by atoms with E-state index in [1.165, 1.54) is 23.2 Å². The van der Waals surface area contributed by atoms with Crippen LogP contribution in [0.4, 0.5) is 10.2 Å². The highest BCUT2D eigenvalue weighted by Gasteiger charge is 2.29. The van der Waals surface area contributed by atoms with Gasteiger partial charge in [0.05, 0.1) is 7.11 Å². The number of fused-ring (bicyclic) bond motifs is 1. The van der Waals surface area contributed by atoms with E-state index in [4.69, 9.17) is 4.74 Å². The van der Waals surface area contributed by atoms with Gasteiger partial charge in [-0.15, -0.1) is 0 Å². The van der Waals surface area contributed by atoms with Crippen LogP contribution in [0.3, 0.4) is 0 Å². The average Bonchev–Trinajstić information content (AvgIpc) is 2.82. The van der Waals surface area contributed by atoms with Gasteiger partial charge in [0, 0.05) is 37.0 Å². The standard InChI is InChI=1S/C26H25FN4O3/c1-34-23-14-17-9-11-31(24-21(27)6-3-10-28-24)26(33)20(17)13-18(23)12-16-7-8-22(29-15-16)25(32)30-19-4-2-5-19/h3,6-8,10,13-15,19H,2,4-5,9,11-12H2,1H3,(H,30,32). The first-order chi connectivity index (χ1) is 16.5. The topological polar surface area (TPSA) is 84.4 Å². The van der Waals surface area contributed by atoms with Crippen LogP contribution >= 0.6 is 0 Å². The lowest BCUT2D eigenvalue weighted by Crippen LogP contribution is -2.39. The van der Waals surface area contributed by atoms with E-state index in [-0.39, 0.29) is 23.7 Å². The summed E-state index contributed by atoms with van der Waals surface area (Å²) in [4.78, 5) is 35.3. The van der Waals surface area contributed by atoms with Gasteiger partial charge >= 0.3 is 0 Å². The van der Waals surface area contributed by atoms with Gasteiger partial charge in [0.25, 0.3) is 11.8 Å². The Morgan fingerprint density at radius 2 is 2.09 bits per heavy atom. The highest BCUT2D eigenvalue weighted by atomic mass is 19.1. The maximum absolute atomic E-state index is 14.3. The molecule has 2 aliphatic rings. The van der Waals surface area contributed by atoms with Gasteiger partial charge in [-0.1, -0.05) is 6.07 Å². The molecule has 3 aromatic rings. The van der Waals surface area contributed by atoms with E-state index in [0.717, 1.165) is 36.0 Å². The van der Waals surface area contributed by atoms with Gasteiger partial charge in [-0.2, -0.15) is 0 Å². The predicted molar refractivity (Wildman–Crippen MR) is 125 cm³/mol. The number of hydrogen-bond acceptors (Lipinski definition) is 5. The molecule has 8 heteroatoms. The zero-order valence-corrected chi connectivity index (χ0v) is 18.9. The molecular weight excluding hydrogens is 435 g/mol. The van der Waals surface area contributed by atoms with Crippen LogP contribution in [0.15, 0.2) is 48.8 Å². The van der Waals surface area contributed by atoms with E-state index >= 15 is 0 Å². The number of ether oxygens (including phenoxy) is 1. The summed E-state index contributed by atoms with van der Waals surface area (Å²) in [5.41, 5.74) is 3.45. The molecular formula is C26H25FN4O3. The van der Waals surface area contributed by atoms with E-state index in [1.54, 1.807) is 25.4 Å². The SMILES string of the molecule is COc1cc2c(cc1Cc1ccc(C(=O)NC3CCC3)nc1)C(=O)N(c1ncccc1F)CC2. The Kier molecular flexibility index (Phi) is 5.96. The van der Waals surface area contributed by atoms with Crippen LogP contribution in [-0.4, -0.2) is 41.5 Å². The fraction of sp³-hybridized carbons (Fsp3) is 0.308. The summed E-state index contributed by atoms with van der Waals surface area (Å²) in [6, 6.07) is 10.3. The number of pyridine rings is 2. The van der Waals surface area contributed by atoms with Gasteiger partial charge in [0.15, 0.2) is 11.6 Å². The number of halogens is 1. The fourth-order valence-corrected chi connectivity index (χ4v) is 4.35. The Labute approximate surface area is 197 Å². The number of carbonyl (C=O) groups is 2. The number of rotatable bonds is 6. The molecule has 0 saturated heterocycles. The number of carbonyl (C=O) groups excluding carboxylic acids is 2. The Hall–Kier alpha value is -3.81. The maximum Gasteiger partial charge on any atom is 0.270 e. The zero-order chi connectivity index (χ0) is 23.7. The Balaban J connectivity index is 1.38. The number of anilines is 1. The molecule has 7 nitrogen and oxygen atoms in total. The molecule has 174 valence electrons. The monoisotopic (exact) mass is 460 g/mol. The van der Waals surface area contributed by atoms with Crippen molar-refractivity contribution >= 4 is 17.6 Å². The molecule has 0 spiro atoms. The molecule has 34 heavy (non-hydrogen) atoms. The van der Waals surface area contributed by atoms with Crippen molar-refractivity contribution in [3.63, 3.8) is 0 Å². The number of aromatic nitrogens is 2. The molecule has 1 fully saturated rings. The average molecular weight is 461 g/mol. The van der Waals surface area contributed by atoms with Crippen molar-refractivity contribution in [2.24, 2.45) is 0 Å². The molecule has 1 N–H and O–H groups in total. The van der Waals surface area contributed by atoms with Gasteiger partial charge in [0.1, 0.15) is 11.4 Å². The predicted octanol–water partition coefficient (Wildman–Crippen LogP) is 3.70. The smallest absolute Gasteiger partial charge is 0.270 e. The van der Waals surface area contributed by atoms with Crippen LogP contribution in [0.5, 0.6) is 5.75 Å². The molecule has 1 saturated carbocycles. The molecule has 1 aliphatic heterocycles. The lowest BCUT2D eigenvalue weighted by molar-refractivity contribution is 0.0911. The van der Waals surface area contributed by atoms with Crippen LogP contribution in [0.1, 0.15) is 56.8 Å². The molecule has 0 bridgehead atoms. The van der Waals surface area contributed by atoms with Gasteiger partial charge in [-0.25, -0.2) is 9.37 Å². The summed E-state index contributed by atoms with van der Waals surface area (Å²) in [7, 11) is 1.59. The summed E-state index contributed by atoms with van der Waals surface area (Å²) in [6.45, 7) is 0.344. The van der Waals surface area contributed by atoms with Crippen molar-refractivity contribution in [2.75, 3.05) is 18.6 Å². The number of benzene rings is 1. The minimum absolute atomic E-state index is 0.0375. The lowest BCUT2D eigenvalue weighted by atomic mass is 9.93. The largest absolute Gasteiger partial charge is 0.496 e. The number of nitrogens with zero attached hydrogens (tertiary/aromatic N) is 3. The molecule has 0 unspecified atom stereocenters. The van der Waals surface area contributed by atoms with E-state index in [1.807, 2.05) is 12.1 Å². The number of amides is 2. The summed E-state index contributed by atoms with van der Waals surface area (Å²) < 4.78 is 19.9. The van der Waals surface area contributed by atoms with Crippen LogP contribution in [0.2, 0.25) is 0 Å². The molecule has 1 aliphatic carbocycles. The van der Waals surface area contributed by atoms with E-state index in [0.29, 0.717) is 36.4 Å². The van der Waals surface area contributed by atoms with Gasteiger partial charge < -0.3 is 10.1 Å². The van der Waals surface area contributed by atoms with Crippen molar-refractivity contribution in [3.05, 3.63) is 82.6 Å². The summed E-state index contributed by atoms with van der Waals surface area (Å²) in [6.07, 6.45) is 7.38. The highest BCUT2D eigenvalue weighted by Crippen LogP contribution is 2.31. The number of methoxy groups -OCH3 is 1. The molecule has 1 aromatic carbocycles. The zero-order valence-electron chi connectivity index (χ0n) is 18.9. The summed E-state index contributed by atoms with van der Waals surface area (Å²) in [5.74, 6) is -0.259. The Morgan fingerprint density at radius 1 is 1.24 bits per heavy atom. The van der Waals surface area contributed by atoms with Crippen LogP contribution in [0, 0.1) is 5.82 Å². The molecule has 2 amide bonds. The van der Waals surface area contributed by atoms with E-state index in [2.05, 4.69) is 15.3 Å². The van der Waals surface area contributed by atoms with Gasteiger partial charge in [-0.05, 0) is 72.7 Å². The van der Waals surface area contributed by atoms with Crippen molar-refractivity contribution in [2.45, 2.75) is 38.1 Å². The summed E-state index contributed by atoms with van der Waals surface area (Å²) >= 11 is 0. The van der Waals surface area contributed by atoms with Crippen molar-refractivity contribution in [1.82, 2.24) is 15.3 Å². The third-order valence-electron chi connectivity index (χ3n) is 6.47. The normalized spacial score (nSPS) is 15.5. The first-order valence-corrected chi connectivity index (χ1v) is 11.4. The second-order valence-corrected chi connectivity index (χ2v) is 8.67. The highest BCUT2D eigenvalue weighted by molar-refractivity contribution is 6.08. The van der Waals surface area contributed by atoms with E-state index < -0.39 is 5.82 Å². The van der Waals surface area contributed by atoms with Crippen LogP contribution in [-0.2, 0) is 12.8 Å². The third kappa shape index (κ3) is 4.23. The number of nitrogens with one attached hydrogen (secondary N) is 1. The van der Waals surface area contributed by atoms with Crippen LogP contribution in [0.25, 0.3) is 0 Å². The molecule has 3 heterocycles. The van der Waals surface area contributed by atoms with Gasteiger partial charge in [0.2, 0.25) is 0 Å². The van der Waals surface area contributed by atoms with Crippen molar-refractivity contribution < 1.29 is 18.7 Å². The van der Waals surface area contributed by atoms with Crippen molar-refractivity contribution in [3.8, 4) is 5.75 Å². The lowest BCUT2D eigenvalue weighted by Gasteiger charge is -2.29. The minimum Gasteiger partial charge on any atom is -0.496 e. The fourth-order valence-electron chi connectivity index (χ4n) is 4.35. The van der Waals surface area contributed by atoms with E-state index in [9.17, 15) is 14.0 Å². The second kappa shape index (κ2) is 9.21. The van der Waals surface area contributed by atoms with Crippen LogP contribution < -0.4 is 15.0 Å². The van der Waals surface area contributed by atoms with Crippen molar-refractivity contribution in [1.29, 1.82) is 0 Å². The Morgan fingerprint density at radius 3 is 2.76 bits per heavy atom. The quantitative estimate of drug-likeness (QED) is 0.606. The molecule has 0 atom stereocenters. The first kappa shape index (κ1) is 22.0. The first-order valence-electron chi connectivity index (χ1n) is 11.4. The molecule has 0 radical (unpaired) electrons. The minimum atomic E-state index is -0.527. The molecule has 2 aromatic heterocycles. The third-order valence-corrected chi connectivity index (χ3v) is 6.47. The molecule has 5 rings (SSSR count). The Bertz CT molecular complexity index is 1240. The summed E-state index contributed by atoms with van der Waals surface area (Å²) in [5, 5.41) is 2.99. The van der Waals surface area contributed by atoms with Gasteiger partial charge in [-0.3, -0.25) is 19.5 Å². The number of hydrogen-bond donors (Lipinski definition) is 1. The second-order valence-electron chi connectivity index (χ2n) is 8.67. The maximum atomic E-state index is 14.3.